The first-order valence-corrected chi connectivity index (χ1v) is 13.2. The van der Waals surface area contributed by atoms with Crippen LogP contribution in [0.1, 0.15) is 59.3 Å². The number of carbonyl (C=O) groups excluding carboxylic acids is 4. The fourth-order valence-electron chi connectivity index (χ4n) is 5.14. The van der Waals surface area contributed by atoms with Gasteiger partial charge in [-0.05, 0) is 37.0 Å². The van der Waals surface area contributed by atoms with Crippen LogP contribution < -0.4 is 5.32 Å². The van der Waals surface area contributed by atoms with Gasteiger partial charge in [-0.1, -0.05) is 44.9 Å². The molecule has 9 heteroatoms. The van der Waals surface area contributed by atoms with Gasteiger partial charge in [0, 0.05) is 12.7 Å². The average Bonchev–Trinajstić information content (AvgIpc) is 3.16. The summed E-state index contributed by atoms with van der Waals surface area (Å²) in [5.41, 5.74) is 0. The van der Waals surface area contributed by atoms with Crippen molar-refractivity contribution in [2.75, 3.05) is 12.9 Å². The number of fused-ring (bicyclic) bond motifs is 3. The smallest absolute Gasteiger partial charge is 0.329 e. The van der Waals surface area contributed by atoms with Crippen molar-refractivity contribution in [2.45, 2.75) is 82.0 Å². The Labute approximate surface area is 193 Å². The number of nitrogens with zero attached hydrogens (tertiary/aromatic N) is 1. The Bertz CT molecular complexity index is 718. The van der Waals surface area contributed by atoms with E-state index in [4.69, 9.17) is 4.74 Å². The Morgan fingerprint density at radius 2 is 2.00 bits per heavy atom. The molecule has 1 aliphatic carbocycles. The number of thioether (sulfide) groups is 2. The van der Waals surface area contributed by atoms with Crippen molar-refractivity contribution in [3.8, 4) is 0 Å². The molecule has 6 unspecified atom stereocenters. The van der Waals surface area contributed by atoms with E-state index in [-0.39, 0.29) is 28.2 Å². The summed E-state index contributed by atoms with van der Waals surface area (Å²) in [6.07, 6.45) is 5.69. The Hall–Kier alpha value is -1.22. The van der Waals surface area contributed by atoms with E-state index in [1.807, 2.05) is 13.8 Å². The summed E-state index contributed by atoms with van der Waals surface area (Å²) in [5.74, 6) is 0.356. The van der Waals surface area contributed by atoms with Gasteiger partial charge in [0.1, 0.15) is 12.1 Å². The van der Waals surface area contributed by atoms with E-state index in [0.29, 0.717) is 24.0 Å². The summed E-state index contributed by atoms with van der Waals surface area (Å²) in [7, 11) is 1.35. The van der Waals surface area contributed by atoms with Gasteiger partial charge in [-0.25, -0.2) is 4.79 Å². The van der Waals surface area contributed by atoms with E-state index in [9.17, 15) is 19.2 Å². The number of nitrogens with one attached hydrogen (secondary N) is 1. The van der Waals surface area contributed by atoms with Gasteiger partial charge in [0.05, 0.1) is 17.7 Å². The third-order valence-electron chi connectivity index (χ3n) is 6.96. The number of methoxy groups -OCH3 is 1. The summed E-state index contributed by atoms with van der Waals surface area (Å²) in [5, 5.41) is 2.31. The van der Waals surface area contributed by atoms with Crippen LogP contribution in [0.2, 0.25) is 0 Å². The molecule has 0 aromatic rings. The number of rotatable bonds is 6. The van der Waals surface area contributed by atoms with Gasteiger partial charge in [0.15, 0.2) is 5.12 Å². The highest BCUT2D eigenvalue weighted by molar-refractivity contribution is 8.14. The van der Waals surface area contributed by atoms with Crippen LogP contribution in [0.4, 0.5) is 0 Å². The van der Waals surface area contributed by atoms with Crippen LogP contribution in [0.5, 0.6) is 0 Å². The number of hydrogen-bond donors (Lipinski definition) is 1. The Morgan fingerprint density at radius 1 is 1.29 bits per heavy atom. The zero-order chi connectivity index (χ0) is 22.7. The molecule has 1 N–H and O–H groups in total. The van der Waals surface area contributed by atoms with Crippen molar-refractivity contribution in [3.63, 3.8) is 0 Å². The van der Waals surface area contributed by atoms with E-state index in [1.165, 1.54) is 14.0 Å². The molecule has 3 fully saturated rings. The zero-order valence-corrected chi connectivity index (χ0v) is 20.4. The van der Waals surface area contributed by atoms with E-state index in [2.05, 4.69) is 5.32 Å². The molecule has 1 saturated carbocycles. The SMILES string of the molecule is CC[C@H](C)C(SC(C)=O)C(=O)NC1CC2CCCCC2C2SCC(C(=O)OC)N2C1=O. The van der Waals surface area contributed by atoms with Gasteiger partial charge >= 0.3 is 5.97 Å². The molecule has 0 aromatic heterocycles. The first-order valence-electron chi connectivity index (χ1n) is 11.3. The van der Waals surface area contributed by atoms with Crippen molar-refractivity contribution in [1.82, 2.24) is 10.2 Å². The molecule has 7 atom stereocenters. The lowest BCUT2D eigenvalue weighted by Gasteiger charge is -2.36. The number of ether oxygens (including phenoxy) is 1. The fraction of sp³-hybridized carbons (Fsp3) is 0.818. The van der Waals surface area contributed by atoms with Crippen LogP contribution in [0, 0.1) is 17.8 Å². The third-order valence-corrected chi connectivity index (χ3v) is 9.65. The quantitative estimate of drug-likeness (QED) is 0.597. The van der Waals surface area contributed by atoms with Crippen molar-refractivity contribution in [3.05, 3.63) is 0 Å². The highest BCUT2D eigenvalue weighted by atomic mass is 32.2. The van der Waals surface area contributed by atoms with E-state index < -0.39 is 23.3 Å². The van der Waals surface area contributed by atoms with Crippen molar-refractivity contribution in [1.29, 1.82) is 0 Å². The molecular formula is C22H34N2O5S2. The maximum absolute atomic E-state index is 13.6. The second-order valence-corrected chi connectivity index (χ2v) is 11.4. The van der Waals surface area contributed by atoms with Gasteiger partial charge in [-0.15, -0.1) is 11.8 Å². The first-order chi connectivity index (χ1) is 14.8. The monoisotopic (exact) mass is 470 g/mol. The van der Waals surface area contributed by atoms with Crippen LogP contribution in [0.3, 0.4) is 0 Å². The molecule has 31 heavy (non-hydrogen) atoms. The van der Waals surface area contributed by atoms with Crippen molar-refractivity contribution in [2.24, 2.45) is 17.8 Å². The van der Waals surface area contributed by atoms with E-state index in [1.54, 1.807) is 16.7 Å². The lowest BCUT2D eigenvalue weighted by molar-refractivity contribution is -0.152. The van der Waals surface area contributed by atoms with Crippen LogP contribution in [0.15, 0.2) is 0 Å². The lowest BCUT2D eigenvalue weighted by atomic mass is 9.76. The summed E-state index contributed by atoms with van der Waals surface area (Å²) >= 11 is 2.70. The molecular weight excluding hydrogens is 436 g/mol. The summed E-state index contributed by atoms with van der Waals surface area (Å²) in [6.45, 7) is 5.40. The fourth-order valence-corrected chi connectivity index (χ4v) is 7.79. The Balaban J connectivity index is 1.86. The molecule has 2 heterocycles. The molecule has 0 radical (unpaired) electrons. The summed E-state index contributed by atoms with van der Waals surface area (Å²) < 4.78 is 4.98. The molecule has 3 rings (SSSR count). The average molecular weight is 471 g/mol. The first kappa shape index (κ1) is 24.4. The van der Waals surface area contributed by atoms with Crippen LogP contribution in [-0.4, -0.2) is 63.4 Å². The molecule has 2 saturated heterocycles. The van der Waals surface area contributed by atoms with Crippen molar-refractivity contribution < 1.29 is 23.9 Å². The molecule has 7 nitrogen and oxygen atoms in total. The van der Waals surface area contributed by atoms with Gasteiger partial charge in [0.2, 0.25) is 11.8 Å². The minimum Gasteiger partial charge on any atom is -0.467 e. The number of hydrogen-bond acceptors (Lipinski definition) is 7. The normalized spacial score (nSPS) is 32.3. The molecule has 174 valence electrons. The second kappa shape index (κ2) is 10.6. The van der Waals surface area contributed by atoms with Gasteiger partial charge in [-0.3, -0.25) is 14.4 Å². The lowest BCUT2D eigenvalue weighted by Crippen LogP contribution is -2.55. The molecule has 0 spiro atoms. The maximum atomic E-state index is 13.6. The van der Waals surface area contributed by atoms with Crippen molar-refractivity contribution >= 4 is 46.4 Å². The highest BCUT2D eigenvalue weighted by Gasteiger charge is 2.52. The molecule has 2 amide bonds. The summed E-state index contributed by atoms with van der Waals surface area (Å²) in [4.78, 5) is 52.7. The minimum atomic E-state index is -0.673. The predicted molar refractivity (Wildman–Crippen MR) is 122 cm³/mol. The topological polar surface area (TPSA) is 92.8 Å². The third kappa shape index (κ3) is 5.24. The van der Waals surface area contributed by atoms with Crippen LogP contribution in [-0.2, 0) is 23.9 Å². The van der Waals surface area contributed by atoms with Gasteiger partial charge in [-0.2, -0.15) is 0 Å². The Kier molecular flexibility index (Phi) is 8.35. The summed E-state index contributed by atoms with van der Waals surface area (Å²) in [6, 6.07) is -1.28. The molecule has 2 aliphatic heterocycles. The van der Waals surface area contributed by atoms with Gasteiger partial charge < -0.3 is 15.0 Å². The Morgan fingerprint density at radius 3 is 2.65 bits per heavy atom. The highest BCUT2D eigenvalue weighted by Crippen LogP contribution is 2.47. The standard InChI is InChI=1S/C22H34N2O5S2/c1-5-12(2)18(31-13(3)25)19(26)23-16-10-14-8-6-7-9-15(14)21-24(20(16)27)17(11-30-21)22(28)29-4/h12,14-18,21H,5-11H2,1-4H3,(H,23,26)/t12-,14?,15?,16?,17?,18?,21?/m0/s1. The zero-order valence-electron chi connectivity index (χ0n) is 18.8. The van der Waals surface area contributed by atoms with Crippen LogP contribution in [0.25, 0.3) is 0 Å². The molecule has 3 aliphatic rings. The molecule has 0 bridgehead atoms. The maximum Gasteiger partial charge on any atom is 0.329 e. The van der Waals surface area contributed by atoms with E-state index >= 15 is 0 Å². The molecule has 0 aromatic carbocycles. The minimum absolute atomic E-state index is 0.00937. The van der Waals surface area contributed by atoms with Crippen LogP contribution >= 0.6 is 23.5 Å². The number of carbonyl (C=O) groups is 4. The predicted octanol–water partition coefficient (Wildman–Crippen LogP) is 2.82. The van der Waals surface area contributed by atoms with E-state index in [0.717, 1.165) is 43.9 Å². The number of esters is 1. The van der Waals surface area contributed by atoms with Gasteiger partial charge in [0.25, 0.3) is 0 Å². The largest absolute Gasteiger partial charge is 0.467 e. The second-order valence-electron chi connectivity index (χ2n) is 8.93. The number of amides is 2.